The van der Waals surface area contributed by atoms with Crippen molar-refractivity contribution < 1.29 is 14.2 Å². The second-order valence-corrected chi connectivity index (χ2v) is 4.44. The molecule has 0 aliphatic heterocycles. The van der Waals surface area contributed by atoms with E-state index in [-0.39, 0.29) is 0 Å². The van der Waals surface area contributed by atoms with Gasteiger partial charge in [-0.2, -0.15) is 0 Å². The van der Waals surface area contributed by atoms with Crippen molar-refractivity contribution in [2.75, 3.05) is 39.6 Å². The van der Waals surface area contributed by atoms with Gasteiger partial charge in [-0.05, 0) is 25.0 Å². The van der Waals surface area contributed by atoms with Crippen LogP contribution >= 0.6 is 0 Å². The van der Waals surface area contributed by atoms with Gasteiger partial charge in [-0.3, -0.25) is 0 Å². The first kappa shape index (κ1) is 16.0. The van der Waals surface area contributed by atoms with E-state index < -0.39 is 0 Å². The molecule has 0 amide bonds. The Bertz CT molecular complexity index is 335. The molecule has 1 aromatic rings. The van der Waals surface area contributed by atoms with Crippen LogP contribution in [-0.2, 0) is 9.47 Å². The van der Waals surface area contributed by atoms with Gasteiger partial charge in [0.1, 0.15) is 5.75 Å². The molecule has 0 aliphatic carbocycles. The summed E-state index contributed by atoms with van der Waals surface area (Å²) in [4.78, 5) is 0. The molecule has 0 saturated carbocycles. The van der Waals surface area contributed by atoms with Crippen molar-refractivity contribution in [2.45, 2.75) is 20.3 Å². The monoisotopic (exact) mass is 267 g/mol. The molecular weight excluding hydrogens is 242 g/mol. The zero-order valence-electron chi connectivity index (χ0n) is 12.0. The van der Waals surface area contributed by atoms with Crippen LogP contribution < -0.4 is 10.5 Å². The molecule has 1 aromatic carbocycles. The molecule has 0 aromatic heterocycles. The fourth-order valence-electron chi connectivity index (χ4n) is 1.77. The number of hydrogen-bond acceptors (Lipinski definition) is 4. The second-order valence-electron chi connectivity index (χ2n) is 4.44. The number of rotatable bonds is 10. The van der Waals surface area contributed by atoms with Crippen LogP contribution in [0.2, 0.25) is 0 Å². The Hall–Kier alpha value is -1.10. The molecule has 19 heavy (non-hydrogen) atoms. The van der Waals surface area contributed by atoms with E-state index in [0.29, 0.717) is 39.6 Å². The van der Waals surface area contributed by atoms with E-state index in [0.717, 1.165) is 12.2 Å². The maximum Gasteiger partial charge on any atom is 0.125 e. The Kier molecular flexibility index (Phi) is 8.21. The molecule has 0 radical (unpaired) electrons. The lowest BCUT2D eigenvalue weighted by Crippen LogP contribution is -2.13. The zero-order valence-corrected chi connectivity index (χ0v) is 12.0. The molecule has 4 heteroatoms. The minimum absolute atomic E-state index is 0.559. The average Bonchev–Trinajstić information content (AvgIpc) is 2.40. The lowest BCUT2D eigenvalue weighted by Gasteiger charge is -2.11. The highest BCUT2D eigenvalue weighted by molar-refractivity contribution is 5.39. The number of ether oxygens (including phenoxy) is 3. The first-order valence-electron chi connectivity index (χ1n) is 6.80. The van der Waals surface area contributed by atoms with Gasteiger partial charge in [0.05, 0.1) is 26.4 Å². The fourth-order valence-corrected chi connectivity index (χ4v) is 1.77. The molecule has 0 unspecified atom stereocenters. The normalized spacial score (nSPS) is 10.7. The Labute approximate surface area is 115 Å². The van der Waals surface area contributed by atoms with Crippen LogP contribution in [0.3, 0.4) is 0 Å². The van der Waals surface area contributed by atoms with Crippen LogP contribution in [0.1, 0.15) is 17.5 Å². The molecule has 2 N–H and O–H groups in total. The summed E-state index contributed by atoms with van der Waals surface area (Å²) in [5.41, 5.74) is 7.66. The van der Waals surface area contributed by atoms with Crippen molar-refractivity contribution in [3.63, 3.8) is 0 Å². The van der Waals surface area contributed by atoms with Crippen LogP contribution in [0.15, 0.2) is 18.2 Å². The summed E-state index contributed by atoms with van der Waals surface area (Å²) in [7, 11) is 0. The fraction of sp³-hybridized carbons (Fsp3) is 0.600. The molecule has 1 rings (SSSR count). The molecule has 0 aliphatic rings. The lowest BCUT2D eigenvalue weighted by atomic mass is 10.1. The number of nitrogens with two attached hydrogens (primary N) is 1. The van der Waals surface area contributed by atoms with Crippen LogP contribution in [0.5, 0.6) is 5.75 Å². The maximum atomic E-state index is 5.78. The summed E-state index contributed by atoms with van der Waals surface area (Å²) in [5, 5.41) is 0. The standard InChI is InChI=1S/C15H25NO3/c1-13-5-3-6-14(2)15(13)19-9-4-8-17-11-12-18-10-7-16/h3,5-6H,4,7-12,16H2,1-2H3. The summed E-state index contributed by atoms with van der Waals surface area (Å²) in [6, 6.07) is 6.17. The van der Waals surface area contributed by atoms with Gasteiger partial charge in [-0.25, -0.2) is 0 Å². The van der Waals surface area contributed by atoms with Crippen LogP contribution in [-0.4, -0.2) is 39.6 Å². The van der Waals surface area contributed by atoms with E-state index >= 15 is 0 Å². The predicted molar refractivity (Wildman–Crippen MR) is 76.7 cm³/mol. The van der Waals surface area contributed by atoms with Crippen LogP contribution in [0.25, 0.3) is 0 Å². The minimum atomic E-state index is 0.559. The minimum Gasteiger partial charge on any atom is -0.493 e. The van der Waals surface area contributed by atoms with Crippen molar-refractivity contribution in [1.82, 2.24) is 0 Å². The summed E-state index contributed by atoms with van der Waals surface area (Å²) in [6.07, 6.45) is 0.880. The van der Waals surface area contributed by atoms with Crippen molar-refractivity contribution >= 4 is 0 Å². The molecule has 0 spiro atoms. The van der Waals surface area contributed by atoms with Gasteiger partial charge in [0.25, 0.3) is 0 Å². The highest BCUT2D eigenvalue weighted by atomic mass is 16.5. The van der Waals surface area contributed by atoms with Gasteiger partial charge in [-0.15, -0.1) is 0 Å². The van der Waals surface area contributed by atoms with Crippen LogP contribution in [0.4, 0.5) is 0 Å². The predicted octanol–water partition coefficient (Wildman–Crippen LogP) is 2.06. The number of benzene rings is 1. The smallest absolute Gasteiger partial charge is 0.125 e. The molecule has 0 fully saturated rings. The van der Waals surface area contributed by atoms with Crippen molar-refractivity contribution in [1.29, 1.82) is 0 Å². The highest BCUT2D eigenvalue weighted by Gasteiger charge is 2.02. The highest BCUT2D eigenvalue weighted by Crippen LogP contribution is 2.22. The Morgan fingerprint density at radius 2 is 1.53 bits per heavy atom. The van der Waals surface area contributed by atoms with E-state index in [9.17, 15) is 0 Å². The first-order chi connectivity index (χ1) is 9.25. The van der Waals surface area contributed by atoms with Gasteiger partial charge >= 0.3 is 0 Å². The van der Waals surface area contributed by atoms with Gasteiger partial charge in [-0.1, -0.05) is 18.2 Å². The van der Waals surface area contributed by atoms with Crippen molar-refractivity contribution in [3.05, 3.63) is 29.3 Å². The second kappa shape index (κ2) is 9.78. The molecular formula is C15H25NO3. The Balaban J connectivity index is 2.05. The van der Waals surface area contributed by atoms with Gasteiger partial charge in [0.2, 0.25) is 0 Å². The van der Waals surface area contributed by atoms with Gasteiger partial charge in [0.15, 0.2) is 0 Å². The summed E-state index contributed by atoms with van der Waals surface area (Å²) >= 11 is 0. The van der Waals surface area contributed by atoms with E-state index in [1.165, 1.54) is 11.1 Å². The zero-order chi connectivity index (χ0) is 13.9. The third-order valence-electron chi connectivity index (χ3n) is 2.72. The van der Waals surface area contributed by atoms with Crippen molar-refractivity contribution in [2.24, 2.45) is 5.73 Å². The molecule has 0 saturated heterocycles. The lowest BCUT2D eigenvalue weighted by molar-refractivity contribution is 0.0463. The summed E-state index contributed by atoms with van der Waals surface area (Å²) < 4.78 is 16.4. The molecule has 108 valence electrons. The SMILES string of the molecule is Cc1cccc(C)c1OCCCOCCOCCN. The molecule has 4 nitrogen and oxygen atoms in total. The van der Waals surface area contributed by atoms with Gasteiger partial charge < -0.3 is 19.9 Å². The quantitative estimate of drug-likeness (QED) is 0.659. The Morgan fingerprint density at radius 3 is 2.16 bits per heavy atom. The third-order valence-corrected chi connectivity index (χ3v) is 2.72. The molecule has 0 bridgehead atoms. The first-order valence-corrected chi connectivity index (χ1v) is 6.80. The van der Waals surface area contributed by atoms with Crippen molar-refractivity contribution in [3.8, 4) is 5.75 Å². The average molecular weight is 267 g/mol. The topological polar surface area (TPSA) is 53.7 Å². The van der Waals surface area contributed by atoms with Crippen LogP contribution in [0, 0.1) is 13.8 Å². The summed E-state index contributed by atoms with van der Waals surface area (Å²) in [5.74, 6) is 0.994. The number of hydrogen-bond donors (Lipinski definition) is 1. The third kappa shape index (κ3) is 6.57. The van der Waals surface area contributed by atoms with Gasteiger partial charge in [0, 0.05) is 19.6 Å². The molecule has 0 heterocycles. The van der Waals surface area contributed by atoms with E-state index in [1.54, 1.807) is 0 Å². The number of aryl methyl sites for hydroxylation is 2. The van der Waals surface area contributed by atoms with E-state index in [1.807, 2.05) is 6.07 Å². The summed E-state index contributed by atoms with van der Waals surface area (Å²) in [6.45, 7) is 7.87. The molecule has 0 atom stereocenters. The van der Waals surface area contributed by atoms with E-state index in [2.05, 4.69) is 26.0 Å². The maximum absolute atomic E-state index is 5.78. The largest absolute Gasteiger partial charge is 0.493 e. The Morgan fingerprint density at radius 1 is 0.895 bits per heavy atom. The van der Waals surface area contributed by atoms with E-state index in [4.69, 9.17) is 19.9 Å². The number of para-hydroxylation sites is 1.